The Morgan fingerprint density at radius 1 is 1.39 bits per heavy atom. The second kappa shape index (κ2) is 5.36. The van der Waals surface area contributed by atoms with E-state index < -0.39 is 0 Å². The molecule has 1 saturated carbocycles. The van der Waals surface area contributed by atoms with Crippen molar-refractivity contribution >= 4 is 0 Å². The number of hydrogen-bond donors (Lipinski definition) is 1. The minimum atomic E-state index is 0.824. The average molecular weight is 249 g/mol. The van der Waals surface area contributed by atoms with Gasteiger partial charge in [0.1, 0.15) is 0 Å². The van der Waals surface area contributed by atoms with Gasteiger partial charge in [-0.15, -0.1) is 5.10 Å². The highest BCUT2D eigenvalue weighted by molar-refractivity contribution is 4.93. The van der Waals surface area contributed by atoms with Crippen molar-refractivity contribution in [2.75, 3.05) is 19.6 Å². The molecule has 2 atom stereocenters. The van der Waals surface area contributed by atoms with Crippen LogP contribution in [0, 0.1) is 5.92 Å². The van der Waals surface area contributed by atoms with Gasteiger partial charge < -0.3 is 5.32 Å². The molecule has 1 aromatic rings. The van der Waals surface area contributed by atoms with Crippen molar-refractivity contribution in [1.82, 2.24) is 25.2 Å². The first-order valence-corrected chi connectivity index (χ1v) is 7.19. The molecule has 2 unspecified atom stereocenters. The fraction of sp³-hybridized carbons (Fsp3) is 0.846. The number of piperidine rings is 1. The fourth-order valence-electron chi connectivity index (χ4n) is 3.31. The Labute approximate surface area is 109 Å². The number of nitrogens with zero attached hydrogens (tertiary/aromatic N) is 4. The predicted octanol–water partition coefficient (Wildman–Crippen LogP) is 0.872. The highest BCUT2D eigenvalue weighted by Crippen LogP contribution is 2.36. The molecule has 1 aliphatic carbocycles. The topological polar surface area (TPSA) is 46.0 Å². The molecule has 2 bridgehead atoms. The molecule has 5 heteroatoms. The van der Waals surface area contributed by atoms with Crippen LogP contribution in [0.2, 0.25) is 0 Å². The molecule has 2 fully saturated rings. The fourth-order valence-corrected chi connectivity index (χ4v) is 3.31. The third kappa shape index (κ3) is 2.57. The molecule has 5 nitrogen and oxygen atoms in total. The minimum Gasteiger partial charge on any atom is -0.311 e. The largest absolute Gasteiger partial charge is 0.311 e. The van der Waals surface area contributed by atoms with Gasteiger partial charge in [-0.2, -0.15) is 0 Å². The maximum atomic E-state index is 4.19. The SMILES string of the molecule is CCNCc1cn(CCN2CC3CCC2C3)nn1. The molecule has 0 radical (unpaired) electrons. The van der Waals surface area contributed by atoms with Crippen LogP contribution in [0.15, 0.2) is 6.20 Å². The summed E-state index contributed by atoms with van der Waals surface area (Å²) < 4.78 is 1.98. The summed E-state index contributed by atoms with van der Waals surface area (Å²) in [5, 5.41) is 11.6. The summed E-state index contributed by atoms with van der Waals surface area (Å²) in [5.41, 5.74) is 1.04. The van der Waals surface area contributed by atoms with E-state index in [1.165, 1.54) is 25.8 Å². The van der Waals surface area contributed by atoms with E-state index in [-0.39, 0.29) is 0 Å². The maximum Gasteiger partial charge on any atom is 0.0964 e. The van der Waals surface area contributed by atoms with Crippen molar-refractivity contribution in [1.29, 1.82) is 0 Å². The van der Waals surface area contributed by atoms with E-state index in [9.17, 15) is 0 Å². The summed E-state index contributed by atoms with van der Waals surface area (Å²) in [6, 6.07) is 0.861. The Kier molecular flexibility index (Phi) is 3.61. The monoisotopic (exact) mass is 249 g/mol. The lowest BCUT2D eigenvalue weighted by Crippen LogP contribution is -2.34. The maximum absolute atomic E-state index is 4.19. The van der Waals surface area contributed by atoms with Crippen molar-refractivity contribution in [2.24, 2.45) is 5.92 Å². The summed E-state index contributed by atoms with van der Waals surface area (Å²) >= 11 is 0. The van der Waals surface area contributed by atoms with Gasteiger partial charge in [0.2, 0.25) is 0 Å². The lowest BCUT2D eigenvalue weighted by molar-refractivity contribution is 0.203. The Hall–Kier alpha value is -0.940. The van der Waals surface area contributed by atoms with Crippen LogP contribution in [0.25, 0.3) is 0 Å². The van der Waals surface area contributed by atoms with Crippen molar-refractivity contribution in [3.63, 3.8) is 0 Å². The molecule has 1 aliphatic heterocycles. The zero-order valence-electron chi connectivity index (χ0n) is 11.2. The smallest absolute Gasteiger partial charge is 0.0964 e. The van der Waals surface area contributed by atoms with Crippen LogP contribution in [-0.2, 0) is 13.1 Å². The van der Waals surface area contributed by atoms with E-state index in [1.807, 2.05) is 4.68 Å². The lowest BCUT2D eigenvalue weighted by Gasteiger charge is -2.26. The Balaban J connectivity index is 1.46. The zero-order valence-corrected chi connectivity index (χ0v) is 11.2. The van der Waals surface area contributed by atoms with Crippen LogP contribution in [0.3, 0.4) is 0 Å². The molecule has 1 aromatic heterocycles. The quantitative estimate of drug-likeness (QED) is 0.812. The standard InChI is InChI=1S/C13H23N5/c1-2-14-8-12-10-18(16-15-12)6-5-17-9-11-3-4-13(17)7-11/h10-11,13-14H,2-9H2,1H3. The molecule has 3 rings (SSSR count). The molecular formula is C13H23N5. The third-order valence-corrected chi connectivity index (χ3v) is 4.28. The van der Waals surface area contributed by atoms with E-state index in [0.717, 1.165) is 43.8 Å². The Bertz CT molecular complexity index is 388. The molecule has 100 valence electrons. The second-order valence-electron chi connectivity index (χ2n) is 5.58. The molecule has 18 heavy (non-hydrogen) atoms. The summed E-state index contributed by atoms with van der Waals surface area (Å²) in [4.78, 5) is 2.64. The minimum absolute atomic E-state index is 0.824. The lowest BCUT2D eigenvalue weighted by atomic mass is 10.1. The van der Waals surface area contributed by atoms with E-state index >= 15 is 0 Å². The summed E-state index contributed by atoms with van der Waals surface area (Å²) in [6.45, 7) is 7.32. The van der Waals surface area contributed by atoms with E-state index in [0.29, 0.717) is 0 Å². The molecule has 2 heterocycles. The first kappa shape index (κ1) is 12.1. The Morgan fingerprint density at radius 2 is 2.33 bits per heavy atom. The van der Waals surface area contributed by atoms with E-state index in [1.54, 1.807) is 0 Å². The highest BCUT2D eigenvalue weighted by Gasteiger charge is 2.37. The van der Waals surface area contributed by atoms with Gasteiger partial charge in [0.05, 0.1) is 12.2 Å². The number of likely N-dealkylation sites (tertiary alicyclic amines) is 1. The normalized spacial score (nSPS) is 27.2. The number of fused-ring (bicyclic) bond motifs is 2. The van der Waals surface area contributed by atoms with Gasteiger partial charge in [0, 0.05) is 31.9 Å². The summed E-state index contributed by atoms with van der Waals surface area (Å²) in [6.07, 6.45) is 6.37. The third-order valence-electron chi connectivity index (χ3n) is 4.28. The zero-order chi connectivity index (χ0) is 12.4. The first-order chi connectivity index (χ1) is 8.85. The molecule has 0 spiro atoms. The Morgan fingerprint density at radius 3 is 3.06 bits per heavy atom. The van der Waals surface area contributed by atoms with Crippen LogP contribution in [0.5, 0.6) is 0 Å². The van der Waals surface area contributed by atoms with Gasteiger partial charge in [0.15, 0.2) is 0 Å². The van der Waals surface area contributed by atoms with Crippen molar-refractivity contribution < 1.29 is 0 Å². The average Bonchev–Trinajstić information content (AvgIpc) is 3.09. The number of nitrogens with one attached hydrogen (secondary N) is 1. The van der Waals surface area contributed by atoms with Crippen molar-refractivity contribution in [3.05, 3.63) is 11.9 Å². The number of aromatic nitrogens is 3. The van der Waals surface area contributed by atoms with Crippen LogP contribution in [0.1, 0.15) is 31.9 Å². The predicted molar refractivity (Wildman–Crippen MR) is 70.1 cm³/mol. The van der Waals surface area contributed by atoms with Gasteiger partial charge >= 0.3 is 0 Å². The summed E-state index contributed by atoms with van der Waals surface area (Å²) in [5.74, 6) is 0.982. The molecule has 2 aliphatic rings. The molecule has 1 N–H and O–H groups in total. The van der Waals surface area contributed by atoms with E-state index in [2.05, 4.69) is 33.6 Å². The van der Waals surface area contributed by atoms with Gasteiger partial charge in [-0.25, -0.2) is 0 Å². The number of hydrogen-bond acceptors (Lipinski definition) is 4. The van der Waals surface area contributed by atoms with Crippen LogP contribution in [0.4, 0.5) is 0 Å². The van der Waals surface area contributed by atoms with Crippen molar-refractivity contribution in [3.8, 4) is 0 Å². The van der Waals surface area contributed by atoms with Gasteiger partial charge in [-0.3, -0.25) is 9.58 Å². The van der Waals surface area contributed by atoms with Gasteiger partial charge in [-0.05, 0) is 31.7 Å². The molecule has 0 amide bonds. The van der Waals surface area contributed by atoms with Crippen LogP contribution < -0.4 is 5.32 Å². The van der Waals surface area contributed by atoms with E-state index in [4.69, 9.17) is 0 Å². The molecule has 0 aromatic carbocycles. The van der Waals surface area contributed by atoms with Crippen LogP contribution in [-0.4, -0.2) is 45.6 Å². The second-order valence-corrected chi connectivity index (χ2v) is 5.58. The molecular weight excluding hydrogens is 226 g/mol. The van der Waals surface area contributed by atoms with Gasteiger partial charge in [-0.1, -0.05) is 12.1 Å². The van der Waals surface area contributed by atoms with Crippen molar-refractivity contribution in [2.45, 2.75) is 45.3 Å². The first-order valence-electron chi connectivity index (χ1n) is 7.19. The summed E-state index contributed by atoms with van der Waals surface area (Å²) in [7, 11) is 0. The van der Waals surface area contributed by atoms with Gasteiger partial charge in [0.25, 0.3) is 0 Å². The van der Waals surface area contributed by atoms with Crippen LogP contribution >= 0.6 is 0 Å². The highest BCUT2D eigenvalue weighted by atomic mass is 15.4. The molecule has 1 saturated heterocycles. The number of rotatable bonds is 6.